The van der Waals surface area contributed by atoms with E-state index in [1.165, 1.54) is 0 Å². The molecular weight excluding hydrogens is 408 g/mol. The molecule has 1 aliphatic heterocycles. The second-order valence-corrected chi connectivity index (χ2v) is 7.49. The van der Waals surface area contributed by atoms with E-state index in [0.29, 0.717) is 19.0 Å². The minimum absolute atomic E-state index is 0.0279. The van der Waals surface area contributed by atoms with Gasteiger partial charge in [0.1, 0.15) is 19.3 Å². The quantitative estimate of drug-likeness (QED) is 0.746. The summed E-state index contributed by atoms with van der Waals surface area (Å²) in [5.74, 6) is 1.41. The smallest absolute Gasteiger partial charge is 0.242 e. The van der Waals surface area contributed by atoms with E-state index >= 15 is 0 Å². The van der Waals surface area contributed by atoms with E-state index in [1.807, 2.05) is 68.3 Å². The van der Waals surface area contributed by atoms with E-state index in [9.17, 15) is 4.79 Å². The molecule has 1 amide bonds. The van der Waals surface area contributed by atoms with Crippen molar-refractivity contribution in [2.45, 2.75) is 25.9 Å². The molecule has 6 heteroatoms. The second kappa shape index (κ2) is 8.76. The molecule has 0 aromatic heterocycles. The molecule has 2 aromatic rings. The minimum Gasteiger partial charge on any atom is -0.486 e. The number of carbonyl (C=O) groups is 1. The molecule has 1 N–H and O–H groups in total. The third kappa shape index (κ3) is 4.45. The Morgan fingerprint density at radius 1 is 1.19 bits per heavy atom. The highest BCUT2D eigenvalue weighted by Crippen LogP contribution is 2.38. The molecule has 0 bridgehead atoms. The van der Waals surface area contributed by atoms with Crippen molar-refractivity contribution < 1.29 is 14.3 Å². The first-order valence-electron chi connectivity index (χ1n) is 9.15. The van der Waals surface area contributed by atoms with Crippen LogP contribution in [0.15, 0.2) is 46.9 Å². The molecule has 0 saturated heterocycles. The van der Waals surface area contributed by atoms with Crippen molar-refractivity contribution in [1.82, 2.24) is 10.2 Å². The molecular formula is C21H25BrN2O3. The standard InChI is InChI=1S/C21H25BrN2O3/c1-4-24(3)20(15-8-6-5-7-9-15)21(25)23-14(2)16-12-18-19(13-17(16)22)27-11-10-26-18/h5-9,12-14,20H,4,10-11H2,1-3H3,(H,23,25). The molecule has 0 spiro atoms. The lowest BCUT2D eigenvalue weighted by atomic mass is 10.0. The minimum atomic E-state index is -0.338. The molecule has 2 atom stereocenters. The average Bonchev–Trinajstić information content (AvgIpc) is 2.68. The van der Waals surface area contributed by atoms with Crippen LogP contribution in [0.4, 0.5) is 0 Å². The number of nitrogens with one attached hydrogen (secondary N) is 1. The third-order valence-electron chi connectivity index (χ3n) is 4.79. The van der Waals surface area contributed by atoms with Crippen LogP contribution in [0.3, 0.4) is 0 Å². The maximum absolute atomic E-state index is 13.1. The van der Waals surface area contributed by atoms with E-state index in [-0.39, 0.29) is 18.0 Å². The monoisotopic (exact) mass is 432 g/mol. The lowest BCUT2D eigenvalue weighted by molar-refractivity contribution is -0.126. The predicted molar refractivity (Wildman–Crippen MR) is 109 cm³/mol. The van der Waals surface area contributed by atoms with Crippen molar-refractivity contribution in [3.05, 3.63) is 58.1 Å². The number of rotatable bonds is 6. The topological polar surface area (TPSA) is 50.8 Å². The Balaban J connectivity index is 1.81. The highest BCUT2D eigenvalue weighted by Gasteiger charge is 2.26. The van der Waals surface area contributed by atoms with Crippen LogP contribution in [-0.2, 0) is 4.79 Å². The molecule has 2 unspecified atom stereocenters. The number of likely N-dealkylation sites (N-methyl/N-ethyl adjacent to an activating group) is 1. The molecule has 3 rings (SSSR count). The maximum Gasteiger partial charge on any atom is 0.242 e. The van der Waals surface area contributed by atoms with Crippen LogP contribution in [0.1, 0.15) is 37.1 Å². The van der Waals surface area contributed by atoms with Crippen LogP contribution in [0.25, 0.3) is 0 Å². The fraction of sp³-hybridized carbons (Fsp3) is 0.381. The zero-order valence-electron chi connectivity index (χ0n) is 15.9. The zero-order valence-corrected chi connectivity index (χ0v) is 17.5. The summed E-state index contributed by atoms with van der Waals surface area (Å²) < 4.78 is 12.2. The van der Waals surface area contributed by atoms with Gasteiger partial charge in [0.05, 0.1) is 6.04 Å². The van der Waals surface area contributed by atoms with Crippen LogP contribution < -0.4 is 14.8 Å². The van der Waals surface area contributed by atoms with Crippen molar-refractivity contribution in [1.29, 1.82) is 0 Å². The highest BCUT2D eigenvalue weighted by atomic mass is 79.9. The number of nitrogens with zero attached hydrogens (tertiary/aromatic N) is 1. The number of ether oxygens (including phenoxy) is 2. The lowest BCUT2D eigenvalue weighted by Gasteiger charge is -2.28. The summed E-state index contributed by atoms with van der Waals surface area (Å²) >= 11 is 3.59. The summed E-state index contributed by atoms with van der Waals surface area (Å²) in [6.45, 7) is 5.88. The van der Waals surface area contributed by atoms with Crippen molar-refractivity contribution >= 4 is 21.8 Å². The van der Waals surface area contributed by atoms with Crippen LogP contribution in [0.2, 0.25) is 0 Å². The van der Waals surface area contributed by atoms with Crippen molar-refractivity contribution in [2.75, 3.05) is 26.8 Å². The largest absolute Gasteiger partial charge is 0.486 e. The zero-order chi connectivity index (χ0) is 19.4. The van der Waals surface area contributed by atoms with Gasteiger partial charge in [-0.25, -0.2) is 0 Å². The van der Waals surface area contributed by atoms with Crippen LogP contribution in [0.5, 0.6) is 11.5 Å². The van der Waals surface area contributed by atoms with Crippen molar-refractivity contribution in [3.63, 3.8) is 0 Å². The van der Waals surface area contributed by atoms with Gasteiger partial charge in [-0.2, -0.15) is 0 Å². The van der Waals surface area contributed by atoms with Crippen LogP contribution in [0, 0.1) is 0 Å². The Morgan fingerprint density at radius 3 is 2.44 bits per heavy atom. The van der Waals surface area contributed by atoms with E-state index < -0.39 is 0 Å². The van der Waals surface area contributed by atoms with Gasteiger partial charge in [-0.05, 0) is 43.8 Å². The third-order valence-corrected chi connectivity index (χ3v) is 5.48. The van der Waals surface area contributed by atoms with Crippen LogP contribution >= 0.6 is 15.9 Å². The van der Waals surface area contributed by atoms with E-state index in [4.69, 9.17) is 9.47 Å². The number of fused-ring (bicyclic) bond motifs is 1. The lowest BCUT2D eigenvalue weighted by Crippen LogP contribution is -2.39. The van der Waals surface area contributed by atoms with Crippen LogP contribution in [-0.4, -0.2) is 37.6 Å². The molecule has 1 heterocycles. The predicted octanol–water partition coefficient (Wildman–Crippen LogP) is 4.09. The van der Waals surface area contributed by atoms with Gasteiger partial charge in [0.2, 0.25) is 5.91 Å². The van der Waals surface area contributed by atoms with E-state index in [0.717, 1.165) is 27.9 Å². The van der Waals surface area contributed by atoms with Gasteiger partial charge < -0.3 is 14.8 Å². The fourth-order valence-corrected chi connectivity index (χ4v) is 3.87. The van der Waals surface area contributed by atoms with Gasteiger partial charge >= 0.3 is 0 Å². The van der Waals surface area contributed by atoms with Gasteiger partial charge in [-0.15, -0.1) is 0 Å². The summed E-state index contributed by atoms with van der Waals surface area (Å²) in [5, 5.41) is 3.15. The molecule has 0 fully saturated rings. The van der Waals surface area contributed by atoms with E-state index in [1.54, 1.807) is 0 Å². The molecule has 1 aliphatic rings. The van der Waals surface area contributed by atoms with Gasteiger partial charge in [0.25, 0.3) is 0 Å². The van der Waals surface area contributed by atoms with Gasteiger partial charge in [-0.3, -0.25) is 9.69 Å². The summed E-state index contributed by atoms with van der Waals surface area (Å²) in [4.78, 5) is 15.1. The van der Waals surface area contributed by atoms with Crippen molar-refractivity contribution in [2.24, 2.45) is 0 Å². The number of carbonyl (C=O) groups excluding carboxylic acids is 1. The summed E-state index contributed by atoms with van der Waals surface area (Å²) in [6.07, 6.45) is 0. The number of hydrogen-bond donors (Lipinski definition) is 1. The number of hydrogen-bond acceptors (Lipinski definition) is 4. The first-order chi connectivity index (χ1) is 13.0. The molecule has 5 nitrogen and oxygen atoms in total. The van der Waals surface area contributed by atoms with Crippen molar-refractivity contribution in [3.8, 4) is 11.5 Å². The molecule has 27 heavy (non-hydrogen) atoms. The van der Waals surface area contributed by atoms with Gasteiger partial charge in [0, 0.05) is 4.47 Å². The number of benzene rings is 2. The fourth-order valence-electron chi connectivity index (χ4n) is 3.21. The molecule has 2 aromatic carbocycles. The Bertz CT molecular complexity index is 798. The number of amides is 1. The highest BCUT2D eigenvalue weighted by molar-refractivity contribution is 9.10. The SMILES string of the molecule is CCN(C)C(C(=O)NC(C)c1cc2c(cc1Br)OCCO2)c1ccccc1. The Labute approximate surface area is 168 Å². The summed E-state index contributed by atoms with van der Waals surface area (Å²) in [5.41, 5.74) is 1.94. The Morgan fingerprint density at radius 2 is 1.81 bits per heavy atom. The first kappa shape index (κ1) is 19.7. The summed E-state index contributed by atoms with van der Waals surface area (Å²) in [6, 6.07) is 13.2. The molecule has 144 valence electrons. The van der Waals surface area contributed by atoms with Gasteiger partial charge in [-0.1, -0.05) is 53.2 Å². The molecule has 0 aliphatic carbocycles. The molecule has 0 radical (unpaired) electrons. The second-order valence-electron chi connectivity index (χ2n) is 6.63. The number of halogens is 1. The average molecular weight is 433 g/mol. The molecule has 0 saturated carbocycles. The Hall–Kier alpha value is -2.05. The maximum atomic E-state index is 13.1. The Kier molecular flexibility index (Phi) is 6.39. The van der Waals surface area contributed by atoms with Gasteiger partial charge in [0.15, 0.2) is 11.5 Å². The normalized spacial score (nSPS) is 15.3. The van der Waals surface area contributed by atoms with E-state index in [2.05, 4.69) is 21.2 Å². The summed E-state index contributed by atoms with van der Waals surface area (Å²) in [7, 11) is 1.96. The first-order valence-corrected chi connectivity index (χ1v) is 9.95.